The first-order valence-corrected chi connectivity index (χ1v) is 10.1. The molecule has 23 heavy (non-hydrogen) atoms. The molecule has 0 aliphatic rings. The lowest BCUT2D eigenvalue weighted by Crippen LogP contribution is -2.42. The third-order valence-electron chi connectivity index (χ3n) is 3.56. The molecule has 0 atom stereocenters. The van der Waals surface area contributed by atoms with Crippen LogP contribution >= 0.6 is 11.3 Å². The molecule has 0 saturated heterocycles. The smallest absolute Gasteiger partial charge is 0.247 e. The predicted octanol–water partition coefficient (Wildman–Crippen LogP) is 4.00. The molecule has 128 valence electrons. The van der Waals surface area contributed by atoms with Crippen molar-refractivity contribution in [1.29, 1.82) is 0 Å². The Hall–Kier alpha value is -1.18. The molecule has 0 amide bonds. The van der Waals surface area contributed by atoms with Crippen LogP contribution in [0.25, 0.3) is 10.6 Å². The van der Waals surface area contributed by atoms with Crippen LogP contribution in [0.5, 0.6) is 0 Å². The van der Waals surface area contributed by atoms with Gasteiger partial charge in [-0.1, -0.05) is 6.07 Å². The molecule has 2 aromatic rings. The SMILES string of the molecule is CC(C)N(C(C)C)S(=O)(=O)c1cn(C(C)C)nc1-c1cccs1. The third kappa shape index (κ3) is 3.51. The summed E-state index contributed by atoms with van der Waals surface area (Å²) in [5, 5.41) is 6.47. The highest BCUT2D eigenvalue weighted by molar-refractivity contribution is 7.89. The van der Waals surface area contributed by atoms with Gasteiger partial charge < -0.3 is 0 Å². The zero-order valence-electron chi connectivity index (χ0n) is 14.5. The van der Waals surface area contributed by atoms with Crippen LogP contribution in [0.2, 0.25) is 0 Å². The molecule has 0 unspecified atom stereocenters. The molecule has 5 nitrogen and oxygen atoms in total. The molecular weight excluding hydrogens is 330 g/mol. The van der Waals surface area contributed by atoms with E-state index < -0.39 is 10.0 Å². The average molecular weight is 356 g/mol. The zero-order chi connectivity index (χ0) is 17.4. The van der Waals surface area contributed by atoms with Crippen LogP contribution in [0.1, 0.15) is 47.6 Å². The predicted molar refractivity (Wildman–Crippen MR) is 95.2 cm³/mol. The Morgan fingerprint density at radius 2 is 1.74 bits per heavy atom. The first-order valence-electron chi connectivity index (χ1n) is 7.82. The van der Waals surface area contributed by atoms with Crippen LogP contribution in [-0.4, -0.2) is 34.6 Å². The van der Waals surface area contributed by atoms with E-state index in [0.717, 1.165) is 4.88 Å². The minimum atomic E-state index is -3.61. The Balaban J connectivity index is 2.66. The van der Waals surface area contributed by atoms with Crippen LogP contribution in [0, 0.1) is 0 Å². The van der Waals surface area contributed by atoms with Crippen molar-refractivity contribution in [3.05, 3.63) is 23.7 Å². The molecule has 0 fully saturated rings. The number of thiophene rings is 1. The molecular formula is C16H25N3O2S2. The normalized spacial score (nSPS) is 13.0. The van der Waals surface area contributed by atoms with E-state index in [2.05, 4.69) is 5.10 Å². The van der Waals surface area contributed by atoms with E-state index in [9.17, 15) is 8.42 Å². The van der Waals surface area contributed by atoms with Crippen molar-refractivity contribution in [1.82, 2.24) is 14.1 Å². The maximum Gasteiger partial charge on any atom is 0.247 e. The lowest BCUT2D eigenvalue weighted by atomic mass is 10.3. The molecule has 0 radical (unpaired) electrons. The molecule has 2 rings (SSSR count). The fraction of sp³-hybridized carbons (Fsp3) is 0.562. The monoisotopic (exact) mass is 355 g/mol. The van der Waals surface area contributed by atoms with Crippen LogP contribution in [0.3, 0.4) is 0 Å². The van der Waals surface area contributed by atoms with E-state index in [1.165, 1.54) is 11.3 Å². The quantitative estimate of drug-likeness (QED) is 0.787. The lowest BCUT2D eigenvalue weighted by molar-refractivity contribution is 0.302. The van der Waals surface area contributed by atoms with Crippen LogP contribution < -0.4 is 0 Å². The van der Waals surface area contributed by atoms with Crippen molar-refractivity contribution < 1.29 is 8.42 Å². The summed E-state index contributed by atoms with van der Waals surface area (Å²) in [6, 6.07) is 3.69. The highest BCUT2D eigenvalue weighted by atomic mass is 32.2. The minimum Gasteiger partial charge on any atom is -0.268 e. The van der Waals surface area contributed by atoms with E-state index >= 15 is 0 Å². The Labute approximate surface area is 143 Å². The number of nitrogens with zero attached hydrogens (tertiary/aromatic N) is 3. The van der Waals surface area contributed by atoms with Gasteiger partial charge in [-0.15, -0.1) is 11.3 Å². The van der Waals surface area contributed by atoms with E-state index in [0.29, 0.717) is 5.69 Å². The van der Waals surface area contributed by atoms with E-state index in [-0.39, 0.29) is 23.0 Å². The van der Waals surface area contributed by atoms with Gasteiger partial charge in [0.05, 0.1) is 4.88 Å². The van der Waals surface area contributed by atoms with Gasteiger partial charge in [0.15, 0.2) is 0 Å². The second-order valence-corrected chi connectivity index (χ2v) is 9.17. The van der Waals surface area contributed by atoms with Gasteiger partial charge in [0.1, 0.15) is 10.6 Å². The molecule has 0 spiro atoms. The average Bonchev–Trinajstić information content (AvgIpc) is 3.06. The summed E-state index contributed by atoms with van der Waals surface area (Å²) in [5.74, 6) is 0. The summed E-state index contributed by atoms with van der Waals surface area (Å²) in [7, 11) is -3.61. The topological polar surface area (TPSA) is 55.2 Å². The van der Waals surface area contributed by atoms with Crippen molar-refractivity contribution in [2.45, 2.75) is 64.6 Å². The number of aromatic nitrogens is 2. The first-order chi connectivity index (χ1) is 10.7. The number of hydrogen-bond acceptors (Lipinski definition) is 4. The number of sulfonamides is 1. The van der Waals surface area contributed by atoms with Gasteiger partial charge in [0.2, 0.25) is 10.0 Å². The Kier molecular flexibility index (Phi) is 5.33. The van der Waals surface area contributed by atoms with Crippen LogP contribution in [0.4, 0.5) is 0 Å². The highest BCUT2D eigenvalue weighted by Crippen LogP contribution is 2.33. The van der Waals surface area contributed by atoms with Crippen molar-refractivity contribution in [2.24, 2.45) is 0 Å². The molecule has 2 aromatic heterocycles. The molecule has 2 heterocycles. The summed E-state index contributed by atoms with van der Waals surface area (Å²) < 4.78 is 29.8. The van der Waals surface area contributed by atoms with Gasteiger partial charge in [0.25, 0.3) is 0 Å². The van der Waals surface area contributed by atoms with Crippen molar-refractivity contribution >= 4 is 21.4 Å². The lowest BCUT2D eigenvalue weighted by Gasteiger charge is -2.29. The molecule has 0 N–H and O–H groups in total. The third-order valence-corrected chi connectivity index (χ3v) is 6.68. The van der Waals surface area contributed by atoms with E-state index in [4.69, 9.17) is 0 Å². The van der Waals surface area contributed by atoms with Gasteiger partial charge in [-0.25, -0.2) is 8.42 Å². The molecule has 0 saturated carbocycles. The molecule has 7 heteroatoms. The summed E-state index contributed by atoms with van der Waals surface area (Å²) in [6.45, 7) is 11.6. The van der Waals surface area contributed by atoms with Gasteiger partial charge in [-0.05, 0) is 53.0 Å². The Morgan fingerprint density at radius 3 is 2.17 bits per heavy atom. The molecule has 0 aliphatic carbocycles. The largest absolute Gasteiger partial charge is 0.268 e. The highest BCUT2D eigenvalue weighted by Gasteiger charge is 2.34. The molecule has 0 aromatic carbocycles. The zero-order valence-corrected chi connectivity index (χ0v) is 16.1. The van der Waals surface area contributed by atoms with Gasteiger partial charge >= 0.3 is 0 Å². The van der Waals surface area contributed by atoms with Gasteiger partial charge in [0, 0.05) is 24.3 Å². The maximum atomic E-state index is 13.2. The minimum absolute atomic E-state index is 0.101. The first kappa shape index (κ1) is 18.2. The summed E-state index contributed by atoms with van der Waals surface area (Å²) in [5.41, 5.74) is 0.542. The molecule has 0 aliphatic heterocycles. The summed E-state index contributed by atoms with van der Waals surface area (Å²) in [6.07, 6.45) is 1.66. The Morgan fingerprint density at radius 1 is 1.13 bits per heavy atom. The fourth-order valence-corrected chi connectivity index (χ4v) is 5.44. The van der Waals surface area contributed by atoms with Gasteiger partial charge in [-0.2, -0.15) is 9.40 Å². The fourth-order valence-electron chi connectivity index (χ4n) is 2.68. The van der Waals surface area contributed by atoms with Crippen LogP contribution in [-0.2, 0) is 10.0 Å². The standard InChI is InChI=1S/C16H25N3O2S2/c1-11(2)18-10-15(16(17-18)14-8-7-9-22-14)23(20,21)19(12(3)4)13(5)6/h7-13H,1-6H3. The second kappa shape index (κ2) is 6.75. The second-order valence-electron chi connectivity index (χ2n) is 6.42. The number of rotatable bonds is 6. The molecule has 0 bridgehead atoms. The van der Waals surface area contributed by atoms with Crippen molar-refractivity contribution in [2.75, 3.05) is 0 Å². The maximum absolute atomic E-state index is 13.2. The Bertz CT molecular complexity index is 736. The van der Waals surface area contributed by atoms with E-state index in [1.807, 2.05) is 59.1 Å². The summed E-state index contributed by atoms with van der Waals surface area (Å²) in [4.78, 5) is 1.16. The van der Waals surface area contributed by atoms with Gasteiger partial charge in [-0.3, -0.25) is 4.68 Å². The number of hydrogen-bond donors (Lipinski definition) is 0. The summed E-state index contributed by atoms with van der Waals surface area (Å²) >= 11 is 1.50. The van der Waals surface area contributed by atoms with Crippen molar-refractivity contribution in [3.8, 4) is 10.6 Å². The van der Waals surface area contributed by atoms with Crippen LogP contribution in [0.15, 0.2) is 28.6 Å². The van der Waals surface area contributed by atoms with E-state index in [1.54, 1.807) is 15.2 Å². The van der Waals surface area contributed by atoms with Crippen molar-refractivity contribution in [3.63, 3.8) is 0 Å².